The van der Waals surface area contributed by atoms with Gasteiger partial charge in [0, 0.05) is 22.4 Å². The standard InChI is InChI=1S/CH4.2Ag.ClH/h1H4;;;1H/q;;+1;/p-1. The molecule has 0 N–H and O–H groups in total. The molecule has 0 saturated heterocycles. The van der Waals surface area contributed by atoms with E-state index in [1.54, 1.807) is 0 Å². The molecule has 0 aromatic carbocycles. The molecular formula is CH4Ag2Cl. The van der Waals surface area contributed by atoms with Crippen LogP contribution in [0.5, 0.6) is 0 Å². The first-order chi connectivity index (χ1) is 0. The molecule has 4 heavy (non-hydrogen) atoms. The van der Waals surface area contributed by atoms with Crippen LogP contribution < -0.4 is 12.4 Å². The predicted octanol–water partition coefficient (Wildman–Crippen LogP) is -2.36. The molecule has 0 heterocycles. The quantitative estimate of drug-likeness (QED) is 0.431. The maximum absolute atomic E-state index is 0. The normalized spacial score (nSPS) is 0. The maximum Gasteiger partial charge on any atom is 1.00 e. The van der Waals surface area contributed by atoms with Gasteiger partial charge in [-0.2, -0.15) is 0 Å². The molecule has 0 amide bonds. The summed E-state index contributed by atoms with van der Waals surface area (Å²) in [6, 6.07) is 0. The Bertz CT molecular complexity index is 6.00. The van der Waals surface area contributed by atoms with Gasteiger partial charge >= 0.3 is 22.4 Å². The van der Waals surface area contributed by atoms with Crippen molar-refractivity contribution < 1.29 is 57.2 Å². The summed E-state index contributed by atoms with van der Waals surface area (Å²) in [6.07, 6.45) is 0. The molecule has 0 aliphatic carbocycles. The molecule has 1 radical (unpaired) electrons. The van der Waals surface area contributed by atoms with Gasteiger partial charge in [-0.3, -0.25) is 0 Å². The van der Waals surface area contributed by atoms with Gasteiger partial charge in [-0.25, -0.2) is 0 Å². The topological polar surface area (TPSA) is 0 Å². The van der Waals surface area contributed by atoms with Crippen molar-refractivity contribution in [3.05, 3.63) is 0 Å². The van der Waals surface area contributed by atoms with E-state index in [9.17, 15) is 0 Å². The Morgan fingerprint density at radius 1 is 1.00 bits per heavy atom. The minimum absolute atomic E-state index is 0. The third-order valence-corrected chi connectivity index (χ3v) is 0. The number of halogens is 1. The van der Waals surface area contributed by atoms with Crippen molar-refractivity contribution >= 4 is 0 Å². The first-order valence-electron chi connectivity index (χ1n) is 0. The van der Waals surface area contributed by atoms with E-state index in [0.29, 0.717) is 0 Å². The summed E-state index contributed by atoms with van der Waals surface area (Å²) in [7, 11) is 0. The molecule has 0 saturated carbocycles. The largest absolute Gasteiger partial charge is 1.00 e. The summed E-state index contributed by atoms with van der Waals surface area (Å²) >= 11 is 0. The molecule has 3 heteroatoms. The number of rotatable bonds is 0. The van der Waals surface area contributed by atoms with Gasteiger partial charge in [0.05, 0.1) is 0 Å². The average molecular weight is 267 g/mol. The number of hydrogen-bond donors (Lipinski definition) is 0. The summed E-state index contributed by atoms with van der Waals surface area (Å²) in [6.45, 7) is 0. The zero-order chi connectivity index (χ0) is 0. The fourth-order valence-corrected chi connectivity index (χ4v) is 0. The van der Waals surface area contributed by atoms with Crippen LogP contribution in [-0.2, 0) is 44.8 Å². The molecule has 0 rings (SSSR count). The van der Waals surface area contributed by atoms with Gasteiger partial charge in [-0.1, -0.05) is 7.43 Å². The monoisotopic (exact) mass is 265 g/mol. The van der Waals surface area contributed by atoms with Crippen molar-refractivity contribution in [2.75, 3.05) is 0 Å². The van der Waals surface area contributed by atoms with Crippen molar-refractivity contribution in [3.63, 3.8) is 0 Å². The summed E-state index contributed by atoms with van der Waals surface area (Å²) in [5.74, 6) is 0. The van der Waals surface area contributed by atoms with Crippen molar-refractivity contribution in [2.24, 2.45) is 0 Å². The first kappa shape index (κ1) is 41.9. The summed E-state index contributed by atoms with van der Waals surface area (Å²) in [4.78, 5) is 0. The molecule has 0 nitrogen and oxygen atoms in total. The Kier molecular flexibility index (Phi) is 227. The van der Waals surface area contributed by atoms with Crippen molar-refractivity contribution in [1.82, 2.24) is 0 Å². The van der Waals surface area contributed by atoms with Crippen molar-refractivity contribution in [1.29, 1.82) is 0 Å². The van der Waals surface area contributed by atoms with Crippen LogP contribution in [0.1, 0.15) is 7.43 Å². The van der Waals surface area contributed by atoms with Crippen LogP contribution in [0, 0.1) is 0 Å². The van der Waals surface area contributed by atoms with E-state index < -0.39 is 0 Å². The smallest absolute Gasteiger partial charge is 1.00 e. The predicted molar refractivity (Wildman–Crippen MR) is 6.73 cm³/mol. The van der Waals surface area contributed by atoms with Crippen LogP contribution in [0.2, 0.25) is 0 Å². The molecule has 0 unspecified atom stereocenters. The summed E-state index contributed by atoms with van der Waals surface area (Å²) in [5.41, 5.74) is 0. The molecule has 0 fully saturated rings. The van der Waals surface area contributed by atoms with E-state index >= 15 is 0 Å². The van der Waals surface area contributed by atoms with Gasteiger partial charge in [-0.15, -0.1) is 0 Å². The summed E-state index contributed by atoms with van der Waals surface area (Å²) in [5, 5.41) is 0. The Labute approximate surface area is 64.2 Å². The SMILES string of the molecule is C.[Ag+].[Ag].[Cl-]. The average Bonchev–Trinajstić information content (AvgIpc) is 0. The molecule has 0 bridgehead atoms. The van der Waals surface area contributed by atoms with Gasteiger partial charge in [0.15, 0.2) is 0 Å². The van der Waals surface area contributed by atoms with Crippen LogP contribution in [0.3, 0.4) is 0 Å². The van der Waals surface area contributed by atoms with Crippen LogP contribution in [0.25, 0.3) is 0 Å². The Morgan fingerprint density at radius 2 is 1.00 bits per heavy atom. The van der Waals surface area contributed by atoms with Gasteiger partial charge in [-0.05, 0) is 0 Å². The third-order valence-electron chi connectivity index (χ3n) is 0. The molecule has 0 atom stereocenters. The van der Waals surface area contributed by atoms with E-state index in [-0.39, 0.29) is 64.6 Å². The van der Waals surface area contributed by atoms with Crippen molar-refractivity contribution in [3.8, 4) is 0 Å². The zero-order valence-corrected chi connectivity index (χ0v) is 4.70. The maximum atomic E-state index is 0. The summed E-state index contributed by atoms with van der Waals surface area (Å²) < 4.78 is 0. The minimum atomic E-state index is 0. The van der Waals surface area contributed by atoms with E-state index in [4.69, 9.17) is 0 Å². The van der Waals surface area contributed by atoms with E-state index in [0.717, 1.165) is 0 Å². The Balaban J connectivity index is 0. The van der Waals surface area contributed by atoms with E-state index in [2.05, 4.69) is 0 Å². The van der Waals surface area contributed by atoms with Gasteiger partial charge in [0.25, 0.3) is 0 Å². The van der Waals surface area contributed by atoms with Crippen LogP contribution in [-0.4, -0.2) is 0 Å². The van der Waals surface area contributed by atoms with Crippen molar-refractivity contribution in [2.45, 2.75) is 7.43 Å². The second-order valence-electron chi connectivity index (χ2n) is 0. The fourth-order valence-electron chi connectivity index (χ4n) is 0. The second-order valence-corrected chi connectivity index (χ2v) is 0. The molecule has 0 spiro atoms. The van der Waals surface area contributed by atoms with Gasteiger partial charge < -0.3 is 12.4 Å². The first-order valence-corrected chi connectivity index (χ1v) is 0. The Morgan fingerprint density at radius 3 is 1.00 bits per heavy atom. The molecule has 0 aliphatic heterocycles. The van der Waals surface area contributed by atoms with Crippen LogP contribution in [0.15, 0.2) is 0 Å². The van der Waals surface area contributed by atoms with Gasteiger partial charge in [0.2, 0.25) is 0 Å². The zero-order valence-electron chi connectivity index (χ0n) is 0.981. The number of hydrogen-bond acceptors (Lipinski definition) is 0. The van der Waals surface area contributed by atoms with E-state index in [1.807, 2.05) is 0 Å². The molecule has 0 aromatic rings. The molecule has 0 aromatic heterocycles. The van der Waals surface area contributed by atoms with Crippen LogP contribution >= 0.6 is 0 Å². The molecule has 0 aliphatic rings. The molecule has 37 valence electrons. The van der Waals surface area contributed by atoms with Crippen LogP contribution in [0.4, 0.5) is 0 Å². The van der Waals surface area contributed by atoms with E-state index in [1.165, 1.54) is 0 Å². The van der Waals surface area contributed by atoms with Gasteiger partial charge in [0.1, 0.15) is 0 Å². The fraction of sp³-hybridized carbons (Fsp3) is 1.00. The Hall–Kier alpha value is 1.77. The molecular weight excluding hydrogens is 263 g/mol. The third kappa shape index (κ3) is 9.23. The minimum Gasteiger partial charge on any atom is -1.00 e. The second kappa shape index (κ2) is 21.6.